The molecule has 0 aliphatic carbocycles. The van der Waals surface area contributed by atoms with Crippen LogP contribution in [0.3, 0.4) is 0 Å². The number of methoxy groups -OCH3 is 1. The highest BCUT2D eigenvalue weighted by Crippen LogP contribution is 2.33. The Hall–Kier alpha value is -2.11. The van der Waals surface area contributed by atoms with Crippen molar-refractivity contribution in [2.45, 2.75) is 13.3 Å². The molecule has 0 spiro atoms. The lowest BCUT2D eigenvalue weighted by Gasteiger charge is -2.14. The third-order valence-corrected chi connectivity index (χ3v) is 3.92. The second kappa shape index (κ2) is 6.56. The standard InChI is InChI=1S/C16H14Cl2N4O/c1-3-10-8-19-16(23-2)7-12(10)13-6-11(17)4-5-14(13)22-9-15(18)20-21-22/h4-9H,3H2,1-2H3. The molecule has 7 heteroatoms. The number of pyridine rings is 1. The Morgan fingerprint density at radius 2 is 2.00 bits per heavy atom. The summed E-state index contributed by atoms with van der Waals surface area (Å²) < 4.78 is 6.88. The van der Waals surface area contributed by atoms with E-state index in [0.717, 1.165) is 28.8 Å². The number of aryl methyl sites for hydroxylation is 1. The molecule has 0 amide bonds. The van der Waals surface area contributed by atoms with Gasteiger partial charge in [-0.3, -0.25) is 0 Å². The first kappa shape index (κ1) is 15.8. The van der Waals surface area contributed by atoms with E-state index in [1.165, 1.54) is 0 Å². The van der Waals surface area contributed by atoms with Gasteiger partial charge in [0.1, 0.15) is 0 Å². The molecular weight excluding hydrogens is 335 g/mol. The van der Waals surface area contributed by atoms with Crippen LogP contribution < -0.4 is 4.74 Å². The van der Waals surface area contributed by atoms with E-state index >= 15 is 0 Å². The second-order valence-electron chi connectivity index (χ2n) is 4.88. The summed E-state index contributed by atoms with van der Waals surface area (Å²) in [4.78, 5) is 4.27. The second-order valence-corrected chi connectivity index (χ2v) is 5.71. The van der Waals surface area contributed by atoms with Gasteiger partial charge < -0.3 is 4.74 Å². The first-order valence-corrected chi connectivity index (χ1v) is 7.79. The Balaban J connectivity index is 2.25. The summed E-state index contributed by atoms with van der Waals surface area (Å²) in [6, 6.07) is 7.47. The van der Waals surface area contributed by atoms with E-state index in [4.69, 9.17) is 27.9 Å². The lowest BCUT2D eigenvalue weighted by atomic mass is 9.98. The van der Waals surface area contributed by atoms with Crippen molar-refractivity contribution in [2.75, 3.05) is 7.11 Å². The zero-order valence-electron chi connectivity index (χ0n) is 12.6. The fourth-order valence-electron chi connectivity index (χ4n) is 2.39. The van der Waals surface area contributed by atoms with E-state index in [2.05, 4.69) is 22.2 Å². The van der Waals surface area contributed by atoms with Crippen LogP contribution in [0.1, 0.15) is 12.5 Å². The van der Waals surface area contributed by atoms with Gasteiger partial charge >= 0.3 is 0 Å². The Morgan fingerprint density at radius 1 is 1.17 bits per heavy atom. The molecule has 3 rings (SSSR count). The zero-order valence-corrected chi connectivity index (χ0v) is 14.1. The number of nitrogens with zero attached hydrogens (tertiary/aromatic N) is 4. The van der Waals surface area contributed by atoms with Gasteiger partial charge in [-0.1, -0.05) is 35.3 Å². The van der Waals surface area contributed by atoms with E-state index in [-0.39, 0.29) is 0 Å². The molecule has 0 fully saturated rings. The van der Waals surface area contributed by atoms with Crippen LogP contribution in [-0.4, -0.2) is 27.1 Å². The molecule has 0 unspecified atom stereocenters. The molecule has 0 aliphatic rings. The SMILES string of the molecule is CCc1cnc(OC)cc1-c1cc(Cl)ccc1-n1cc(Cl)nn1. The lowest BCUT2D eigenvalue weighted by molar-refractivity contribution is 0.398. The summed E-state index contributed by atoms with van der Waals surface area (Å²) in [6.45, 7) is 2.07. The Bertz CT molecular complexity index is 848. The molecule has 0 aliphatic heterocycles. The van der Waals surface area contributed by atoms with Gasteiger partial charge in [0.05, 0.1) is 19.0 Å². The summed E-state index contributed by atoms with van der Waals surface area (Å²) in [7, 11) is 1.59. The monoisotopic (exact) mass is 348 g/mol. The summed E-state index contributed by atoms with van der Waals surface area (Å²) in [5.74, 6) is 0.541. The van der Waals surface area contributed by atoms with Crippen LogP contribution in [0.25, 0.3) is 16.8 Å². The average Bonchev–Trinajstić information content (AvgIpc) is 3.00. The molecule has 3 aromatic rings. The van der Waals surface area contributed by atoms with E-state index < -0.39 is 0 Å². The fraction of sp³-hybridized carbons (Fsp3) is 0.188. The number of hydrogen-bond donors (Lipinski definition) is 0. The molecule has 1 aromatic carbocycles. The third-order valence-electron chi connectivity index (χ3n) is 3.51. The van der Waals surface area contributed by atoms with Crippen molar-refractivity contribution in [1.29, 1.82) is 0 Å². The Kier molecular flexibility index (Phi) is 4.50. The maximum atomic E-state index is 6.21. The summed E-state index contributed by atoms with van der Waals surface area (Å²) in [5.41, 5.74) is 3.82. The number of ether oxygens (including phenoxy) is 1. The van der Waals surface area contributed by atoms with Crippen LogP contribution in [0.15, 0.2) is 36.7 Å². The smallest absolute Gasteiger partial charge is 0.213 e. The molecule has 2 aromatic heterocycles. The highest BCUT2D eigenvalue weighted by atomic mass is 35.5. The van der Waals surface area contributed by atoms with Gasteiger partial charge in [-0.15, -0.1) is 5.10 Å². The van der Waals surface area contributed by atoms with Crippen LogP contribution in [-0.2, 0) is 6.42 Å². The maximum absolute atomic E-state index is 6.21. The van der Waals surface area contributed by atoms with Gasteiger partial charge in [-0.05, 0) is 35.7 Å². The molecule has 23 heavy (non-hydrogen) atoms. The molecule has 0 atom stereocenters. The van der Waals surface area contributed by atoms with Gasteiger partial charge in [-0.25, -0.2) is 9.67 Å². The predicted octanol–water partition coefficient (Wildman–Crippen LogP) is 4.21. The molecule has 0 saturated carbocycles. The summed E-state index contributed by atoms with van der Waals surface area (Å²) >= 11 is 12.1. The van der Waals surface area contributed by atoms with Crippen LogP contribution >= 0.6 is 23.2 Å². The number of rotatable bonds is 4. The van der Waals surface area contributed by atoms with Gasteiger partial charge in [0, 0.05) is 22.8 Å². The zero-order chi connectivity index (χ0) is 16.4. The van der Waals surface area contributed by atoms with Crippen LogP contribution in [0.5, 0.6) is 5.88 Å². The highest BCUT2D eigenvalue weighted by Gasteiger charge is 2.14. The van der Waals surface area contributed by atoms with Crippen LogP contribution in [0, 0.1) is 0 Å². The van der Waals surface area contributed by atoms with Gasteiger partial charge in [0.15, 0.2) is 5.15 Å². The first-order valence-electron chi connectivity index (χ1n) is 7.03. The number of halogens is 2. The largest absolute Gasteiger partial charge is 0.481 e. The topological polar surface area (TPSA) is 52.8 Å². The van der Waals surface area contributed by atoms with Gasteiger partial charge in [0.2, 0.25) is 5.88 Å². The van der Waals surface area contributed by atoms with Crippen molar-refractivity contribution >= 4 is 23.2 Å². The number of aromatic nitrogens is 4. The van der Waals surface area contributed by atoms with Crippen LogP contribution in [0.2, 0.25) is 10.2 Å². The molecule has 0 radical (unpaired) electrons. The van der Waals surface area contributed by atoms with E-state index in [0.29, 0.717) is 16.1 Å². The Morgan fingerprint density at radius 3 is 2.65 bits per heavy atom. The quantitative estimate of drug-likeness (QED) is 0.708. The third kappa shape index (κ3) is 3.16. The van der Waals surface area contributed by atoms with Crippen molar-refractivity contribution in [1.82, 2.24) is 20.0 Å². The van der Waals surface area contributed by atoms with Crippen LogP contribution in [0.4, 0.5) is 0 Å². The molecule has 0 bridgehead atoms. The van der Waals surface area contributed by atoms with Crippen molar-refractivity contribution in [3.8, 4) is 22.7 Å². The first-order chi connectivity index (χ1) is 11.1. The number of benzene rings is 1. The minimum absolute atomic E-state index is 0.328. The molecular formula is C16H14Cl2N4O. The van der Waals surface area contributed by atoms with Crippen molar-refractivity contribution in [2.24, 2.45) is 0 Å². The Labute approximate surface area is 143 Å². The fourth-order valence-corrected chi connectivity index (χ4v) is 2.69. The van der Waals surface area contributed by atoms with E-state index in [1.54, 1.807) is 24.1 Å². The van der Waals surface area contributed by atoms with Gasteiger partial charge in [-0.2, -0.15) is 0 Å². The molecule has 0 N–H and O–H groups in total. The molecule has 118 valence electrons. The highest BCUT2D eigenvalue weighted by molar-refractivity contribution is 6.31. The number of hydrogen-bond acceptors (Lipinski definition) is 4. The van der Waals surface area contributed by atoms with E-state index in [9.17, 15) is 0 Å². The van der Waals surface area contributed by atoms with E-state index in [1.807, 2.05) is 24.4 Å². The minimum atomic E-state index is 0.328. The molecule has 5 nitrogen and oxygen atoms in total. The minimum Gasteiger partial charge on any atom is -0.481 e. The predicted molar refractivity (Wildman–Crippen MR) is 90.5 cm³/mol. The van der Waals surface area contributed by atoms with Gasteiger partial charge in [0.25, 0.3) is 0 Å². The maximum Gasteiger partial charge on any atom is 0.213 e. The van der Waals surface area contributed by atoms with Crippen molar-refractivity contribution in [3.05, 3.63) is 52.4 Å². The average molecular weight is 349 g/mol. The van der Waals surface area contributed by atoms with Crippen molar-refractivity contribution in [3.63, 3.8) is 0 Å². The lowest BCUT2D eigenvalue weighted by Crippen LogP contribution is -2.01. The molecule has 0 saturated heterocycles. The van der Waals surface area contributed by atoms with Crippen molar-refractivity contribution < 1.29 is 4.74 Å². The normalized spacial score (nSPS) is 10.8. The summed E-state index contributed by atoms with van der Waals surface area (Å²) in [5, 5.41) is 8.84. The molecule has 2 heterocycles. The summed E-state index contributed by atoms with van der Waals surface area (Å²) in [6.07, 6.45) is 4.29.